The number of ether oxygens (including phenoxy) is 4. The van der Waals surface area contributed by atoms with Crippen LogP contribution < -0.4 is 10.2 Å². The second-order valence-corrected chi connectivity index (χ2v) is 12.5. The Morgan fingerprint density at radius 3 is 1.70 bits per heavy atom. The van der Waals surface area contributed by atoms with Crippen LogP contribution in [-0.4, -0.2) is 111 Å². The predicted octanol–water partition coefficient (Wildman–Crippen LogP) is 6.20. The molecule has 57 heavy (non-hydrogen) atoms. The molecule has 2 fully saturated rings. The molecule has 2 aliphatic heterocycles. The molecule has 19 heteroatoms. The first-order valence-corrected chi connectivity index (χ1v) is 18.4. The van der Waals surface area contributed by atoms with Gasteiger partial charge in [0.15, 0.2) is 0 Å². The van der Waals surface area contributed by atoms with Crippen LogP contribution in [0, 0.1) is 23.3 Å². The van der Waals surface area contributed by atoms with Crippen LogP contribution in [0.1, 0.15) is 32.1 Å². The lowest BCUT2D eigenvalue weighted by Crippen LogP contribution is -2.48. The number of nitrogens with zero attached hydrogens (tertiary/aromatic N) is 5. The van der Waals surface area contributed by atoms with Crippen molar-refractivity contribution >= 4 is 51.3 Å². The first-order chi connectivity index (χ1) is 27.4. The number of urea groups is 2. The van der Waals surface area contributed by atoms with Crippen LogP contribution in [-0.2, 0) is 30.8 Å². The average Bonchev–Trinajstić information content (AvgIpc) is 3.24. The number of pyridine rings is 2. The van der Waals surface area contributed by atoms with Crippen molar-refractivity contribution in [1.29, 1.82) is 0 Å². The van der Waals surface area contributed by atoms with E-state index in [0.717, 1.165) is 30.0 Å². The van der Waals surface area contributed by atoms with Gasteiger partial charge in [0, 0.05) is 56.0 Å². The van der Waals surface area contributed by atoms with Crippen LogP contribution in [0.25, 0.3) is 0 Å². The van der Waals surface area contributed by atoms with E-state index in [1.165, 1.54) is 59.5 Å². The van der Waals surface area contributed by atoms with Gasteiger partial charge in [0.25, 0.3) is 0 Å². The largest absolute Gasteiger partial charge is 0.465 e. The summed E-state index contributed by atoms with van der Waals surface area (Å²) in [5.74, 6) is -3.94. The summed E-state index contributed by atoms with van der Waals surface area (Å²) >= 11 is 3.26. The summed E-state index contributed by atoms with van der Waals surface area (Å²) in [5, 5.41) is 3.09. The van der Waals surface area contributed by atoms with Crippen molar-refractivity contribution in [2.75, 3.05) is 77.0 Å². The van der Waals surface area contributed by atoms with E-state index in [-0.39, 0.29) is 29.5 Å². The lowest BCUT2D eigenvalue weighted by molar-refractivity contribution is 0.0547. The molecule has 1 N–H and O–H groups in total. The fourth-order valence-electron chi connectivity index (χ4n) is 5.09. The zero-order valence-electron chi connectivity index (χ0n) is 30.9. The Morgan fingerprint density at radius 2 is 1.23 bits per heavy atom. The Kier molecular flexibility index (Phi) is 17.1. The summed E-state index contributed by atoms with van der Waals surface area (Å²) in [6.45, 7) is 3.33. The molecule has 2 saturated heterocycles. The summed E-state index contributed by atoms with van der Waals surface area (Å²) in [5.41, 5.74) is 1.97. The van der Waals surface area contributed by atoms with Crippen molar-refractivity contribution in [3.8, 4) is 0 Å². The number of hydrogen-bond donors (Lipinski definition) is 1. The molecular formula is C38H39BrF4N6O8. The number of carbonyl (C=O) groups excluding carboxylic acids is 4. The SMILES string of the molecule is COC(=O)c1ccc(CBr)nc1.COC(=O)c1ccc(CN(C(=O)N2CCOCC2)c2ccc(F)cc2F)nc1.O=C(Nc1ccc(F)cc1F)N1CCOCC1. The highest BCUT2D eigenvalue weighted by Gasteiger charge is 2.27. The molecule has 4 heterocycles. The third kappa shape index (κ3) is 13.2. The highest BCUT2D eigenvalue weighted by atomic mass is 79.9. The number of amides is 4. The van der Waals surface area contributed by atoms with Crippen molar-refractivity contribution in [2.45, 2.75) is 11.9 Å². The number of carbonyl (C=O) groups is 4. The number of aromatic nitrogens is 2. The van der Waals surface area contributed by atoms with Crippen LogP contribution in [0.5, 0.6) is 0 Å². The molecule has 2 aromatic heterocycles. The van der Waals surface area contributed by atoms with Gasteiger partial charge in [-0.2, -0.15) is 0 Å². The number of alkyl halides is 1. The molecule has 0 aliphatic carbocycles. The average molecular weight is 864 g/mol. The summed E-state index contributed by atoms with van der Waals surface area (Å²) < 4.78 is 73.1. The third-order valence-electron chi connectivity index (χ3n) is 8.13. The van der Waals surface area contributed by atoms with Crippen molar-refractivity contribution in [3.63, 3.8) is 0 Å². The number of morpholine rings is 2. The molecular weight excluding hydrogens is 824 g/mol. The Bertz CT molecular complexity index is 1970. The van der Waals surface area contributed by atoms with Gasteiger partial charge >= 0.3 is 24.0 Å². The first-order valence-electron chi connectivity index (χ1n) is 17.2. The normalized spacial score (nSPS) is 13.5. The van der Waals surface area contributed by atoms with E-state index in [1.54, 1.807) is 18.2 Å². The lowest BCUT2D eigenvalue weighted by atomic mass is 10.2. The maximum Gasteiger partial charge on any atom is 0.339 e. The van der Waals surface area contributed by atoms with Crippen LogP contribution in [0.15, 0.2) is 73.1 Å². The number of esters is 2. The van der Waals surface area contributed by atoms with E-state index >= 15 is 0 Å². The minimum atomic E-state index is -0.854. The first kappa shape index (κ1) is 44.1. The maximum atomic E-state index is 14.4. The highest BCUT2D eigenvalue weighted by molar-refractivity contribution is 9.08. The zero-order valence-corrected chi connectivity index (χ0v) is 32.5. The quantitative estimate of drug-likeness (QED) is 0.129. The van der Waals surface area contributed by atoms with Gasteiger partial charge < -0.3 is 34.1 Å². The number of hydrogen-bond acceptors (Lipinski definition) is 10. The highest BCUT2D eigenvalue weighted by Crippen LogP contribution is 2.24. The van der Waals surface area contributed by atoms with E-state index in [2.05, 4.69) is 40.7 Å². The van der Waals surface area contributed by atoms with Crippen LogP contribution in [0.4, 0.5) is 38.5 Å². The van der Waals surface area contributed by atoms with Crippen LogP contribution in [0.2, 0.25) is 0 Å². The maximum absolute atomic E-state index is 14.4. The van der Waals surface area contributed by atoms with Gasteiger partial charge in [-0.1, -0.05) is 15.9 Å². The summed E-state index contributed by atoms with van der Waals surface area (Å²) in [6.07, 6.45) is 2.82. The monoisotopic (exact) mass is 862 g/mol. The van der Waals surface area contributed by atoms with Gasteiger partial charge in [-0.15, -0.1) is 0 Å². The molecule has 0 atom stereocenters. The molecule has 304 valence electrons. The van der Waals surface area contributed by atoms with Gasteiger partial charge in [-0.25, -0.2) is 36.7 Å². The van der Waals surface area contributed by atoms with E-state index in [9.17, 15) is 36.7 Å². The summed E-state index contributed by atoms with van der Waals surface area (Å²) in [6, 6.07) is 11.7. The number of rotatable bonds is 7. The Morgan fingerprint density at radius 1 is 0.719 bits per heavy atom. The van der Waals surface area contributed by atoms with Gasteiger partial charge in [-0.3, -0.25) is 14.9 Å². The van der Waals surface area contributed by atoms with Gasteiger partial charge in [0.05, 0.1) is 81.1 Å². The fraction of sp³-hybridized carbons (Fsp3) is 0.316. The minimum absolute atomic E-state index is 0.0251. The molecule has 6 rings (SSSR count). The summed E-state index contributed by atoms with van der Waals surface area (Å²) in [7, 11) is 2.61. The zero-order chi connectivity index (χ0) is 41.3. The van der Waals surface area contributed by atoms with Gasteiger partial charge in [-0.05, 0) is 48.5 Å². The topological polar surface area (TPSA) is 153 Å². The van der Waals surface area contributed by atoms with Gasteiger partial charge in [0.1, 0.15) is 23.3 Å². The van der Waals surface area contributed by atoms with Crippen LogP contribution in [0.3, 0.4) is 0 Å². The van der Waals surface area contributed by atoms with Crippen molar-refractivity contribution in [3.05, 3.63) is 119 Å². The standard InChI is InChI=1S/C19H19F2N3O4.C11H12F2N2O2.C8H8BrNO2/c1-27-18(25)13-2-4-15(22-11-13)12-24(17-5-3-14(20)10-16(17)21)19(26)23-6-8-28-9-7-23;12-8-1-2-10(9(13)7-8)14-11(16)15-3-5-17-6-4-15;1-12-8(11)6-2-3-7(4-9)10-5-6/h2-5,10-11H,6-9,12H2,1H3;1-2,7H,3-6H2,(H,14,16);2-3,5H,4H2,1H3. The number of methoxy groups -OCH3 is 2. The van der Waals surface area contributed by atoms with Crippen LogP contribution >= 0.6 is 15.9 Å². The smallest absolute Gasteiger partial charge is 0.339 e. The van der Waals surface area contributed by atoms with Gasteiger partial charge in [0.2, 0.25) is 0 Å². The number of halogens is 5. The van der Waals surface area contributed by atoms with Crippen molar-refractivity contribution in [2.24, 2.45) is 0 Å². The second-order valence-electron chi connectivity index (χ2n) is 11.9. The molecule has 0 unspecified atom stereocenters. The van der Waals surface area contributed by atoms with E-state index < -0.39 is 41.3 Å². The Hall–Kier alpha value is -5.66. The van der Waals surface area contributed by atoms with Crippen molar-refractivity contribution in [1.82, 2.24) is 19.8 Å². The van der Waals surface area contributed by atoms with E-state index in [1.807, 2.05) is 0 Å². The van der Waals surface area contributed by atoms with E-state index in [4.69, 9.17) is 9.47 Å². The fourth-order valence-corrected chi connectivity index (χ4v) is 5.43. The molecule has 0 saturated carbocycles. The number of nitrogens with one attached hydrogen (secondary N) is 1. The third-order valence-corrected chi connectivity index (χ3v) is 8.71. The Balaban J connectivity index is 0.000000210. The predicted molar refractivity (Wildman–Crippen MR) is 202 cm³/mol. The number of anilines is 2. The molecule has 14 nitrogen and oxygen atoms in total. The number of benzene rings is 2. The van der Waals surface area contributed by atoms with E-state index in [0.29, 0.717) is 69.2 Å². The summed E-state index contributed by atoms with van der Waals surface area (Å²) in [4.78, 5) is 59.6. The Labute approximate surface area is 333 Å². The van der Waals surface area contributed by atoms with Crippen molar-refractivity contribution < 1.29 is 55.7 Å². The minimum Gasteiger partial charge on any atom is -0.465 e. The molecule has 0 spiro atoms. The molecule has 0 bridgehead atoms. The molecule has 2 aromatic carbocycles. The molecule has 2 aliphatic rings. The molecule has 0 radical (unpaired) electrons. The molecule has 4 aromatic rings. The lowest BCUT2D eigenvalue weighted by Gasteiger charge is -2.33. The molecule has 4 amide bonds. The second kappa shape index (κ2) is 22.2.